The van der Waals surface area contributed by atoms with Crippen LogP contribution in [0.3, 0.4) is 0 Å². The molecule has 1 aromatic rings. The van der Waals surface area contributed by atoms with Crippen molar-refractivity contribution in [3.63, 3.8) is 0 Å². The van der Waals surface area contributed by atoms with E-state index in [4.69, 9.17) is 0 Å². The number of allylic oxidation sites excluding steroid dienone is 3. The van der Waals surface area contributed by atoms with Crippen LogP contribution in [-0.4, -0.2) is 11.8 Å². The fourth-order valence-electron chi connectivity index (χ4n) is 1.28. The first-order valence-electron chi connectivity index (χ1n) is 5.60. The van der Waals surface area contributed by atoms with E-state index in [0.29, 0.717) is 11.4 Å². The Labute approximate surface area is 106 Å². The van der Waals surface area contributed by atoms with E-state index in [1.54, 1.807) is 36.4 Å². The third kappa shape index (κ3) is 5.12. The van der Waals surface area contributed by atoms with Crippen LogP contribution in [-0.2, 0) is 9.59 Å². The normalized spacial score (nSPS) is 10.8. The number of rotatable bonds is 4. The van der Waals surface area contributed by atoms with Gasteiger partial charge in [0, 0.05) is 24.4 Å². The Morgan fingerprint density at radius 1 is 1.00 bits per heavy atom. The molecule has 0 bridgehead atoms. The Hall–Kier alpha value is -2.36. The number of carbonyl (C=O) groups excluding carboxylic acids is 2. The Balaban J connectivity index is 2.58. The molecule has 2 amide bonds. The smallest absolute Gasteiger partial charge is 0.248 e. The molecule has 94 valence electrons. The quantitative estimate of drug-likeness (QED) is 0.632. The average Bonchev–Trinajstić information content (AvgIpc) is 2.31. The third-order valence-electron chi connectivity index (χ3n) is 2.02. The molecule has 0 aliphatic carbocycles. The number of benzene rings is 1. The molecule has 0 saturated carbocycles. The van der Waals surface area contributed by atoms with Crippen molar-refractivity contribution in [2.45, 2.75) is 13.8 Å². The minimum atomic E-state index is -0.194. The molecule has 0 unspecified atom stereocenters. The van der Waals surface area contributed by atoms with Crippen molar-refractivity contribution in [3.8, 4) is 0 Å². The predicted molar refractivity (Wildman–Crippen MR) is 73.3 cm³/mol. The molecule has 4 heteroatoms. The molecule has 18 heavy (non-hydrogen) atoms. The largest absolute Gasteiger partial charge is 0.326 e. The highest BCUT2D eigenvalue weighted by Crippen LogP contribution is 2.13. The van der Waals surface area contributed by atoms with Crippen molar-refractivity contribution < 1.29 is 9.59 Å². The lowest BCUT2D eigenvalue weighted by Gasteiger charge is -2.04. The van der Waals surface area contributed by atoms with Gasteiger partial charge in [0.05, 0.1) is 0 Å². The first kappa shape index (κ1) is 13.7. The molecular weight excluding hydrogens is 228 g/mol. The molecule has 0 aromatic heterocycles. The van der Waals surface area contributed by atoms with E-state index in [1.807, 2.05) is 13.0 Å². The molecule has 4 nitrogen and oxygen atoms in total. The second-order valence-electron chi connectivity index (χ2n) is 3.63. The van der Waals surface area contributed by atoms with Crippen LogP contribution in [0.4, 0.5) is 11.4 Å². The van der Waals surface area contributed by atoms with Crippen LogP contribution in [0.15, 0.2) is 48.6 Å². The summed E-state index contributed by atoms with van der Waals surface area (Å²) in [4.78, 5) is 22.3. The topological polar surface area (TPSA) is 58.2 Å². The predicted octanol–water partition coefficient (Wildman–Crippen LogP) is 2.72. The van der Waals surface area contributed by atoms with Crippen molar-refractivity contribution >= 4 is 23.2 Å². The van der Waals surface area contributed by atoms with E-state index in [9.17, 15) is 9.59 Å². The monoisotopic (exact) mass is 244 g/mol. The van der Waals surface area contributed by atoms with Crippen LogP contribution in [0.2, 0.25) is 0 Å². The zero-order chi connectivity index (χ0) is 13.4. The van der Waals surface area contributed by atoms with Crippen LogP contribution < -0.4 is 10.6 Å². The van der Waals surface area contributed by atoms with Crippen molar-refractivity contribution in [2.24, 2.45) is 0 Å². The van der Waals surface area contributed by atoms with Gasteiger partial charge < -0.3 is 10.6 Å². The van der Waals surface area contributed by atoms with Gasteiger partial charge in [-0.2, -0.15) is 0 Å². The number of nitrogens with one attached hydrogen (secondary N) is 2. The molecule has 1 rings (SSSR count). The van der Waals surface area contributed by atoms with Crippen LogP contribution in [0.5, 0.6) is 0 Å². The van der Waals surface area contributed by atoms with E-state index in [2.05, 4.69) is 10.6 Å². The molecule has 1 aromatic carbocycles. The minimum Gasteiger partial charge on any atom is -0.326 e. The Bertz CT molecular complexity index is 473. The number of hydrogen-bond donors (Lipinski definition) is 2. The van der Waals surface area contributed by atoms with Crippen LogP contribution in [0.1, 0.15) is 13.8 Å². The van der Waals surface area contributed by atoms with Gasteiger partial charge >= 0.3 is 0 Å². The summed E-state index contributed by atoms with van der Waals surface area (Å²) in [5.74, 6) is -0.318. The lowest BCUT2D eigenvalue weighted by atomic mass is 10.2. The molecule has 0 aliphatic heterocycles. The SMILES string of the molecule is C/C=C/C=C/C(=O)Nc1ccc(NC(C)=O)cc1. The lowest BCUT2D eigenvalue weighted by Crippen LogP contribution is -2.08. The van der Waals surface area contributed by atoms with Crippen LogP contribution in [0.25, 0.3) is 0 Å². The number of hydrogen-bond acceptors (Lipinski definition) is 2. The molecule has 0 radical (unpaired) electrons. The standard InChI is InChI=1S/C14H16N2O2/c1-3-4-5-6-14(18)16-13-9-7-12(8-10-13)15-11(2)17/h3-10H,1-2H3,(H,15,17)(H,16,18)/b4-3+,6-5+. The van der Waals surface area contributed by atoms with E-state index >= 15 is 0 Å². The Kier molecular flexibility index (Phi) is 5.38. The van der Waals surface area contributed by atoms with Crippen LogP contribution >= 0.6 is 0 Å². The van der Waals surface area contributed by atoms with Gasteiger partial charge in [0.2, 0.25) is 11.8 Å². The fraction of sp³-hybridized carbons (Fsp3) is 0.143. The lowest BCUT2D eigenvalue weighted by molar-refractivity contribution is -0.114. The van der Waals surface area contributed by atoms with Gasteiger partial charge in [0.1, 0.15) is 0 Å². The summed E-state index contributed by atoms with van der Waals surface area (Å²) >= 11 is 0. The first-order valence-corrected chi connectivity index (χ1v) is 5.60. The average molecular weight is 244 g/mol. The van der Waals surface area contributed by atoms with Gasteiger partial charge in [-0.3, -0.25) is 9.59 Å². The van der Waals surface area contributed by atoms with E-state index in [-0.39, 0.29) is 11.8 Å². The summed E-state index contributed by atoms with van der Waals surface area (Å²) in [7, 11) is 0. The molecular formula is C14H16N2O2. The first-order chi connectivity index (χ1) is 8.61. The van der Waals surface area contributed by atoms with Crippen LogP contribution in [0, 0.1) is 0 Å². The molecule has 0 atom stereocenters. The summed E-state index contributed by atoms with van der Waals surface area (Å²) in [6.45, 7) is 3.32. The van der Waals surface area contributed by atoms with E-state index in [0.717, 1.165) is 0 Å². The van der Waals surface area contributed by atoms with Gasteiger partial charge in [-0.25, -0.2) is 0 Å². The van der Waals surface area contributed by atoms with Gasteiger partial charge in [-0.15, -0.1) is 0 Å². The third-order valence-corrected chi connectivity index (χ3v) is 2.02. The number of amides is 2. The molecule has 2 N–H and O–H groups in total. The highest BCUT2D eigenvalue weighted by molar-refractivity contribution is 5.99. The summed E-state index contributed by atoms with van der Waals surface area (Å²) in [5, 5.41) is 5.36. The molecule has 0 spiro atoms. The van der Waals surface area contributed by atoms with E-state index in [1.165, 1.54) is 13.0 Å². The van der Waals surface area contributed by atoms with Crippen molar-refractivity contribution in [1.29, 1.82) is 0 Å². The fourth-order valence-corrected chi connectivity index (χ4v) is 1.28. The second kappa shape index (κ2) is 7.06. The van der Waals surface area contributed by atoms with Crippen molar-refractivity contribution in [1.82, 2.24) is 0 Å². The van der Waals surface area contributed by atoms with Gasteiger partial charge in [0.15, 0.2) is 0 Å². The highest BCUT2D eigenvalue weighted by Gasteiger charge is 1.98. The van der Waals surface area contributed by atoms with Gasteiger partial charge in [0.25, 0.3) is 0 Å². The molecule has 0 fully saturated rings. The number of carbonyl (C=O) groups is 2. The zero-order valence-corrected chi connectivity index (χ0v) is 10.4. The number of anilines is 2. The summed E-state index contributed by atoms with van der Waals surface area (Å²) < 4.78 is 0. The second-order valence-corrected chi connectivity index (χ2v) is 3.63. The maximum absolute atomic E-state index is 11.4. The van der Waals surface area contributed by atoms with Crippen molar-refractivity contribution in [3.05, 3.63) is 48.6 Å². The van der Waals surface area contributed by atoms with Gasteiger partial charge in [-0.1, -0.05) is 18.2 Å². The molecule has 0 heterocycles. The van der Waals surface area contributed by atoms with E-state index < -0.39 is 0 Å². The highest BCUT2D eigenvalue weighted by atomic mass is 16.2. The molecule has 0 aliphatic rings. The van der Waals surface area contributed by atoms with Gasteiger partial charge in [-0.05, 0) is 31.2 Å². The Morgan fingerprint density at radius 3 is 2.06 bits per heavy atom. The summed E-state index contributed by atoms with van der Waals surface area (Å²) in [5.41, 5.74) is 1.38. The zero-order valence-electron chi connectivity index (χ0n) is 10.4. The summed E-state index contributed by atoms with van der Waals surface area (Å²) in [6, 6.07) is 6.92. The summed E-state index contributed by atoms with van der Waals surface area (Å²) in [6.07, 6.45) is 6.73. The Morgan fingerprint density at radius 2 is 1.56 bits per heavy atom. The molecule has 0 saturated heterocycles. The van der Waals surface area contributed by atoms with Crippen molar-refractivity contribution in [2.75, 3.05) is 10.6 Å². The minimum absolute atomic E-state index is 0.124. The maximum Gasteiger partial charge on any atom is 0.248 e. The maximum atomic E-state index is 11.4.